The van der Waals surface area contributed by atoms with E-state index in [1.165, 1.54) is 17.0 Å². The molecule has 218 valence electrons. The summed E-state index contributed by atoms with van der Waals surface area (Å²) in [4.78, 5) is 29.4. The molecule has 2 amide bonds. The fraction of sp³-hybridized carbons (Fsp3) is 0.375. The van der Waals surface area contributed by atoms with Crippen molar-refractivity contribution < 1.29 is 18.0 Å². The lowest BCUT2D eigenvalue weighted by atomic mass is 9.95. The first kappa shape index (κ1) is 30.6. The Hall–Kier alpha value is -3.36. The summed E-state index contributed by atoms with van der Waals surface area (Å²) in [6, 6.07) is 21.4. The quantitative estimate of drug-likeness (QED) is 0.290. The molecule has 7 nitrogen and oxygen atoms in total. The number of halogens is 1. The van der Waals surface area contributed by atoms with E-state index >= 15 is 0 Å². The van der Waals surface area contributed by atoms with Gasteiger partial charge in [0, 0.05) is 17.6 Å². The van der Waals surface area contributed by atoms with Gasteiger partial charge in [0.1, 0.15) is 12.6 Å². The van der Waals surface area contributed by atoms with Gasteiger partial charge in [-0.1, -0.05) is 80.3 Å². The first-order valence-electron chi connectivity index (χ1n) is 14.2. The van der Waals surface area contributed by atoms with Gasteiger partial charge in [-0.25, -0.2) is 8.42 Å². The minimum Gasteiger partial charge on any atom is -0.352 e. The molecule has 0 heterocycles. The minimum atomic E-state index is -4.11. The molecule has 4 rings (SSSR count). The minimum absolute atomic E-state index is 0.0651. The summed E-state index contributed by atoms with van der Waals surface area (Å²) < 4.78 is 28.8. The number of benzene rings is 3. The van der Waals surface area contributed by atoms with Crippen LogP contribution >= 0.6 is 11.6 Å². The van der Waals surface area contributed by atoms with Crippen molar-refractivity contribution in [3.63, 3.8) is 0 Å². The van der Waals surface area contributed by atoms with E-state index in [9.17, 15) is 18.0 Å². The van der Waals surface area contributed by atoms with Gasteiger partial charge in [-0.15, -0.1) is 0 Å². The maximum atomic E-state index is 14.2. The molecule has 0 spiro atoms. The van der Waals surface area contributed by atoms with Crippen molar-refractivity contribution in [3.8, 4) is 0 Å². The third kappa shape index (κ3) is 7.68. The molecule has 1 aliphatic carbocycles. The number of carbonyl (C=O) groups is 2. The van der Waals surface area contributed by atoms with Crippen LogP contribution in [-0.4, -0.2) is 43.8 Å². The zero-order valence-corrected chi connectivity index (χ0v) is 25.2. The third-order valence-electron chi connectivity index (χ3n) is 7.66. The monoisotopic (exact) mass is 595 g/mol. The Balaban J connectivity index is 1.70. The summed E-state index contributed by atoms with van der Waals surface area (Å²) in [5.41, 5.74) is 2.19. The van der Waals surface area contributed by atoms with Crippen molar-refractivity contribution in [2.24, 2.45) is 0 Å². The van der Waals surface area contributed by atoms with Crippen LogP contribution in [0.15, 0.2) is 83.8 Å². The standard InChI is InChI=1S/C32H38ClN3O4S/c1-3-30(32(38)34-27-14-6-4-7-15-27)35(22-25-13-11-10-12-24(25)2)31(37)23-36(28-20-18-26(33)19-21-28)41(39,40)29-16-8-5-9-17-29/h5,8-13,16-21,27,30H,3-4,6-7,14-15,22-23H2,1-2H3,(H,34,38)/t30-/m0/s1. The fourth-order valence-corrected chi connectivity index (χ4v) is 6.85. The topological polar surface area (TPSA) is 86.8 Å². The molecule has 1 saturated carbocycles. The number of sulfonamides is 1. The molecule has 0 unspecified atom stereocenters. The molecule has 41 heavy (non-hydrogen) atoms. The van der Waals surface area contributed by atoms with Gasteiger partial charge in [0.05, 0.1) is 10.6 Å². The molecule has 1 N–H and O–H groups in total. The molecular formula is C32H38ClN3O4S. The number of nitrogens with one attached hydrogen (secondary N) is 1. The van der Waals surface area contributed by atoms with Gasteiger partial charge in [0.2, 0.25) is 11.8 Å². The lowest BCUT2D eigenvalue weighted by Gasteiger charge is -2.34. The Morgan fingerprint density at radius 1 is 0.927 bits per heavy atom. The second-order valence-electron chi connectivity index (χ2n) is 10.5. The van der Waals surface area contributed by atoms with Crippen LogP contribution in [0.3, 0.4) is 0 Å². The summed E-state index contributed by atoms with van der Waals surface area (Å²) in [5.74, 6) is -0.668. The van der Waals surface area contributed by atoms with Crippen LogP contribution in [0.1, 0.15) is 56.6 Å². The average molecular weight is 596 g/mol. The first-order chi connectivity index (χ1) is 19.7. The highest BCUT2D eigenvalue weighted by molar-refractivity contribution is 7.92. The molecule has 3 aromatic carbocycles. The fourth-order valence-electron chi connectivity index (χ4n) is 5.29. The number of carbonyl (C=O) groups excluding carboxylic acids is 2. The van der Waals surface area contributed by atoms with Crippen molar-refractivity contribution in [1.29, 1.82) is 0 Å². The van der Waals surface area contributed by atoms with Crippen LogP contribution in [0.2, 0.25) is 5.02 Å². The van der Waals surface area contributed by atoms with Crippen molar-refractivity contribution in [3.05, 3.63) is 95.0 Å². The number of hydrogen-bond donors (Lipinski definition) is 1. The second kappa shape index (κ2) is 14.0. The summed E-state index contributed by atoms with van der Waals surface area (Å²) in [7, 11) is -4.11. The average Bonchev–Trinajstić information content (AvgIpc) is 2.98. The molecule has 9 heteroatoms. The van der Waals surface area contributed by atoms with Crippen LogP contribution in [-0.2, 0) is 26.2 Å². The smallest absolute Gasteiger partial charge is 0.264 e. The molecule has 1 aliphatic rings. The lowest BCUT2D eigenvalue weighted by Crippen LogP contribution is -2.54. The Bertz CT molecular complexity index is 1420. The van der Waals surface area contributed by atoms with Crippen molar-refractivity contribution in [2.45, 2.75) is 75.9 Å². The maximum Gasteiger partial charge on any atom is 0.264 e. The van der Waals surface area contributed by atoms with Crippen LogP contribution in [0.4, 0.5) is 5.69 Å². The highest BCUT2D eigenvalue weighted by Gasteiger charge is 2.34. The Labute approximate surface area is 248 Å². The van der Waals surface area contributed by atoms with Gasteiger partial charge in [-0.3, -0.25) is 13.9 Å². The van der Waals surface area contributed by atoms with Crippen LogP contribution in [0.25, 0.3) is 0 Å². The van der Waals surface area contributed by atoms with Crippen molar-refractivity contribution in [1.82, 2.24) is 10.2 Å². The first-order valence-corrected chi connectivity index (χ1v) is 16.0. The number of anilines is 1. The van der Waals surface area contributed by atoms with Crippen LogP contribution < -0.4 is 9.62 Å². The van der Waals surface area contributed by atoms with Gasteiger partial charge in [-0.2, -0.15) is 0 Å². The maximum absolute atomic E-state index is 14.2. The third-order valence-corrected chi connectivity index (χ3v) is 9.70. The number of hydrogen-bond acceptors (Lipinski definition) is 4. The summed E-state index contributed by atoms with van der Waals surface area (Å²) in [5, 5.41) is 3.62. The Morgan fingerprint density at radius 2 is 1.56 bits per heavy atom. The second-order valence-corrected chi connectivity index (χ2v) is 12.8. The highest BCUT2D eigenvalue weighted by atomic mass is 35.5. The largest absolute Gasteiger partial charge is 0.352 e. The van der Waals surface area contributed by atoms with E-state index in [1.54, 1.807) is 42.5 Å². The van der Waals surface area contributed by atoms with E-state index in [-0.39, 0.29) is 23.4 Å². The Kier molecular flexibility index (Phi) is 10.5. The zero-order chi connectivity index (χ0) is 29.4. The van der Waals surface area contributed by atoms with Crippen molar-refractivity contribution >= 4 is 39.1 Å². The lowest BCUT2D eigenvalue weighted by molar-refractivity contribution is -0.140. The molecule has 0 aromatic heterocycles. The Morgan fingerprint density at radius 3 is 2.20 bits per heavy atom. The van der Waals surface area contributed by atoms with Gasteiger partial charge in [-0.05, 0) is 73.7 Å². The molecular weight excluding hydrogens is 558 g/mol. The highest BCUT2D eigenvalue weighted by Crippen LogP contribution is 2.26. The molecule has 1 fully saturated rings. The molecule has 0 bridgehead atoms. The van der Waals surface area contributed by atoms with Crippen LogP contribution in [0, 0.1) is 6.92 Å². The van der Waals surface area contributed by atoms with E-state index < -0.39 is 28.5 Å². The predicted molar refractivity (Wildman–Crippen MR) is 163 cm³/mol. The molecule has 0 aliphatic heterocycles. The number of amides is 2. The van der Waals surface area contributed by atoms with Crippen molar-refractivity contribution in [2.75, 3.05) is 10.8 Å². The number of nitrogens with zero attached hydrogens (tertiary/aromatic N) is 2. The number of rotatable bonds is 11. The predicted octanol–water partition coefficient (Wildman–Crippen LogP) is 6.10. The van der Waals surface area contributed by atoms with Crippen LogP contribution in [0.5, 0.6) is 0 Å². The molecule has 1 atom stereocenters. The normalized spacial score (nSPS) is 14.7. The van der Waals surface area contributed by atoms with E-state index in [1.807, 2.05) is 38.1 Å². The summed E-state index contributed by atoms with van der Waals surface area (Å²) in [6.07, 6.45) is 5.55. The zero-order valence-electron chi connectivity index (χ0n) is 23.6. The molecule has 0 radical (unpaired) electrons. The van der Waals surface area contributed by atoms with E-state index in [2.05, 4.69) is 5.32 Å². The van der Waals surface area contributed by atoms with E-state index in [0.717, 1.165) is 47.5 Å². The summed E-state index contributed by atoms with van der Waals surface area (Å²) >= 11 is 6.10. The van der Waals surface area contributed by atoms with Gasteiger partial charge < -0.3 is 10.2 Å². The molecule has 0 saturated heterocycles. The van der Waals surface area contributed by atoms with Gasteiger partial charge in [0.15, 0.2) is 0 Å². The van der Waals surface area contributed by atoms with Gasteiger partial charge >= 0.3 is 0 Å². The van der Waals surface area contributed by atoms with E-state index in [0.29, 0.717) is 17.1 Å². The van der Waals surface area contributed by atoms with Gasteiger partial charge in [0.25, 0.3) is 10.0 Å². The number of aryl methyl sites for hydroxylation is 1. The van der Waals surface area contributed by atoms with E-state index in [4.69, 9.17) is 11.6 Å². The summed E-state index contributed by atoms with van der Waals surface area (Å²) in [6.45, 7) is 3.54. The molecule has 3 aromatic rings. The SMILES string of the molecule is CC[C@@H](C(=O)NC1CCCCC1)N(Cc1ccccc1C)C(=O)CN(c1ccc(Cl)cc1)S(=O)(=O)c1ccccc1.